The Balaban J connectivity index is 1.83. The van der Waals surface area contributed by atoms with Gasteiger partial charge in [0, 0.05) is 17.4 Å². The molecule has 6 nitrogen and oxygen atoms in total. The first-order valence-corrected chi connectivity index (χ1v) is 9.76. The average molecular weight is 381 g/mol. The molecule has 27 heavy (non-hydrogen) atoms. The van der Waals surface area contributed by atoms with Crippen molar-refractivity contribution in [3.63, 3.8) is 0 Å². The molecule has 0 fully saturated rings. The molecule has 0 saturated carbocycles. The fraction of sp³-hybridized carbons (Fsp3) is 0.100. The molecule has 1 amide bonds. The number of aryl methyl sites for hydroxylation is 2. The second-order valence-electron chi connectivity index (χ2n) is 6.12. The van der Waals surface area contributed by atoms with Crippen molar-refractivity contribution >= 4 is 27.4 Å². The van der Waals surface area contributed by atoms with Gasteiger partial charge in [-0.3, -0.25) is 9.52 Å². The second kappa shape index (κ2) is 7.59. The first-order valence-electron chi connectivity index (χ1n) is 8.28. The Labute approximate surface area is 158 Å². The fourth-order valence-electron chi connectivity index (χ4n) is 2.56. The zero-order valence-corrected chi connectivity index (χ0v) is 15.7. The van der Waals surface area contributed by atoms with E-state index in [9.17, 15) is 13.2 Å². The minimum atomic E-state index is -3.76. The van der Waals surface area contributed by atoms with E-state index < -0.39 is 10.0 Å². The Bertz CT molecular complexity index is 1080. The molecular formula is C20H19N3O3S. The van der Waals surface area contributed by atoms with E-state index in [-0.39, 0.29) is 10.8 Å². The number of rotatable bonds is 5. The van der Waals surface area contributed by atoms with Crippen molar-refractivity contribution in [1.29, 1.82) is 0 Å². The van der Waals surface area contributed by atoms with E-state index in [4.69, 9.17) is 0 Å². The number of nitrogens with one attached hydrogen (secondary N) is 2. The van der Waals surface area contributed by atoms with Crippen LogP contribution in [0.1, 0.15) is 21.5 Å². The summed E-state index contributed by atoms with van der Waals surface area (Å²) in [4.78, 5) is 16.6. The summed E-state index contributed by atoms with van der Waals surface area (Å²) in [5.74, 6) is 0.0466. The summed E-state index contributed by atoms with van der Waals surface area (Å²) in [5, 5.41) is 2.67. The summed E-state index contributed by atoms with van der Waals surface area (Å²) in [6, 6.07) is 16.7. The van der Waals surface area contributed by atoms with Crippen LogP contribution in [0.3, 0.4) is 0 Å². The highest BCUT2D eigenvalue weighted by molar-refractivity contribution is 7.92. The lowest BCUT2D eigenvalue weighted by atomic mass is 10.2. The number of anilines is 2. The summed E-state index contributed by atoms with van der Waals surface area (Å²) < 4.78 is 28.0. The number of sulfonamides is 1. The molecule has 7 heteroatoms. The molecule has 0 saturated heterocycles. The molecule has 0 aliphatic carbocycles. The number of hydrogen-bond acceptors (Lipinski definition) is 4. The standard InChI is InChI=1S/C20H19N3O3S/c1-14-9-10-15(2)18(12-14)27(25,26)23-17-7-5-6-16(13-17)20(24)22-19-8-3-4-11-21-19/h3-13,23H,1-2H3,(H,21,22,24). The smallest absolute Gasteiger partial charge is 0.262 e. The summed E-state index contributed by atoms with van der Waals surface area (Å²) >= 11 is 0. The van der Waals surface area contributed by atoms with E-state index in [1.807, 2.05) is 13.0 Å². The van der Waals surface area contributed by atoms with Crippen molar-refractivity contribution in [2.75, 3.05) is 10.0 Å². The molecule has 3 rings (SSSR count). The minimum Gasteiger partial charge on any atom is -0.307 e. The number of carbonyl (C=O) groups excluding carboxylic acids is 1. The van der Waals surface area contributed by atoms with Crippen molar-refractivity contribution in [1.82, 2.24) is 4.98 Å². The predicted octanol–water partition coefficient (Wildman–Crippen LogP) is 3.75. The van der Waals surface area contributed by atoms with E-state index in [0.717, 1.165) is 5.56 Å². The average Bonchev–Trinajstić information content (AvgIpc) is 2.64. The largest absolute Gasteiger partial charge is 0.307 e. The first-order chi connectivity index (χ1) is 12.8. The quantitative estimate of drug-likeness (QED) is 0.704. The van der Waals surface area contributed by atoms with Crippen LogP contribution in [0.5, 0.6) is 0 Å². The predicted molar refractivity (Wildman–Crippen MR) is 105 cm³/mol. The Kier molecular flexibility index (Phi) is 5.23. The third kappa shape index (κ3) is 4.51. The number of nitrogens with zero attached hydrogens (tertiary/aromatic N) is 1. The molecule has 3 aromatic rings. The van der Waals surface area contributed by atoms with Gasteiger partial charge < -0.3 is 5.32 Å². The number of amides is 1. The lowest BCUT2D eigenvalue weighted by Crippen LogP contribution is -2.16. The number of pyridine rings is 1. The van der Waals surface area contributed by atoms with Crippen LogP contribution in [0, 0.1) is 13.8 Å². The highest BCUT2D eigenvalue weighted by Crippen LogP contribution is 2.21. The maximum Gasteiger partial charge on any atom is 0.262 e. The van der Waals surface area contributed by atoms with Crippen LogP contribution in [0.4, 0.5) is 11.5 Å². The number of carbonyl (C=O) groups is 1. The van der Waals surface area contributed by atoms with E-state index in [1.165, 1.54) is 6.07 Å². The van der Waals surface area contributed by atoms with Gasteiger partial charge in [-0.25, -0.2) is 13.4 Å². The SMILES string of the molecule is Cc1ccc(C)c(S(=O)(=O)Nc2cccc(C(=O)Nc3ccccn3)c2)c1. The van der Waals surface area contributed by atoms with Crippen LogP contribution < -0.4 is 10.0 Å². The highest BCUT2D eigenvalue weighted by atomic mass is 32.2. The molecule has 0 bridgehead atoms. The van der Waals surface area contributed by atoms with Gasteiger partial charge in [-0.05, 0) is 61.4 Å². The molecule has 0 aliphatic rings. The van der Waals surface area contributed by atoms with Crippen LogP contribution in [-0.2, 0) is 10.0 Å². The molecule has 138 valence electrons. The molecule has 0 spiro atoms. The van der Waals surface area contributed by atoms with E-state index >= 15 is 0 Å². The third-order valence-electron chi connectivity index (χ3n) is 3.92. The lowest BCUT2D eigenvalue weighted by molar-refractivity contribution is 0.102. The third-order valence-corrected chi connectivity index (χ3v) is 5.44. The van der Waals surface area contributed by atoms with Crippen molar-refractivity contribution < 1.29 is 13.2 Å². The van der Waals surface area contributed by atoms with Gasteiger partial charge in [0.1, 0.15) is 5.82 Å². The van der Waals surface area contributed by atoms with E-state index in [0.29, 0.717) is 22.6 Å². The van der Waals surface area contributed by atoms with Crippen LogP contribution >= 0.6 is 0 Å². The number of benzene rings is 2. The van der Waals surface area contributed by atoms with Gasteiger partial charge in [-0.2, -0.15) is 0 Å². The van der Waals surface area contributed by atoms with E-state index in [1.54, 1.807) is 61.7 Å². The van der Waals surface area contributed by atoms with Crippen LogP contribution in [0.15, 0.2) is 71.8 Å². The van der Waals surface area contributed by atoms with Crippen molar-refractivity contribution in [3.8, 4) is 0 Å². The zero-order valence-electron chi connectivity index (χ0n) is 14.9. The van der Waals surface area contributed by atoms with Gasteiger partial charge in [0.15, 0.2) is 0 Å². The van der Waals surface area contributed by atoms with Crippen molar-refractivity contribution in [3.05, 3.63) is 83.6 Å². The van der Waals surface area contributed by atoms with Crippen molar-refractivity contribution in [2.24, 2.45) is 0 Å². The van der Waals surface area contributed by atoms with Gasteiger partial charge in [-0.15, -0.1) is 0 Å². The first kappa shape index (κ1) is 18.6. The number of hydrogen-bond donors (Lipinski definition) is 2. The Morgan fingerprint density at radius 1 is 0.963 bits per heavy atom. The van der Waals surface area contributed by atoms with Gasteiger partial charge in [-0.1, -0.05) is 24.3 Å². The molecule has 0 atom stereocenters. The molecule has 0 radical (unpaired) electrons. The molecule has 1 aromatic heterocycles. The summed E-state index contributed by atoms with van der Waals surface area (Å²) in [6.45, 7) is 3.58. The van der Waals surface area contributed by atoms with E-state index in [2.05, 4.69) is 15.0 Å². The van der Waals surface area contributed by atoms with Gasteiger partial charge >= 0.3 is 0 Å². The summed E-state index contributed by atoms with van der Waals surface area (Å²) in [5.41, 5.74) is 2.13. The second-order valence-corrected chi connectivity index (χ2v) is 7.78. The molecule has 0 unspecified atom stereocenters. The Morgan fingerprint density at radius 3 is 2.52 bits per heavy atom. The lowest BCUT2D eigenvalue weighted by Gasteiger charge is -2.12. The summed E-state index contributed by atoms with van der Waals surface area (Å²) in [6.07, 6.45) is 1.57. The molecule has 1 heterocycles. The molecule has 2 aromatic carbocycles. The van der Waals surface area contributed by atoms with Crippen LogP contribution in [0.25, 0.3) is 0 Å². The minimum absolute atomic E-state index is 0.214. The maximum absolute atomic E-state index is 12.7. The molecule has 2 N–H and O–H groups in total. The number of aromatic nitrogens is 1. The zero-order chi connectivity index (χ0) is 19.4. The maximum atomic E-state index is 12.7. The Morgan fingerprint density at radius 2 is 1.78 bits per heavy atom. The fourth-order valence-corrected chi connectivity index (χ4v) is 3.94. The van der Waals surface area contributed by atoms with Crippen LogP contribution in [0.2, 0.25) is 0 Å². The topological polar surface area (TPSA) is 88.2 Å². The molecular weight excluding hydrogens is 362 g/mol. The van der Waals surface area contributed by atoms with Gasteiger partial charge in [0.25, 0.3) is 15.9 Å². The highest BCUT2D eigenvalue weighted by Gasteiger charge is 2.18. The summed E-state index contributed by atoms with van der Waals surface area (Å²) in [7, 11) is -3.76. The molecule has 0 aliphatic heterocycles. The van der Waals surface area contributed by atoms with Gasteiger partial charge in [0.2, 0.25) is 0 Å². The normalized spacial score (nSPS) is 11.0. The monoisotopic (exact) mass is 381 g/mol. The van der Waals surface area contributed by atoms with Crippen LogP contribution in [-0.4, -0.2) is 19.3 Å². The van der Waals surface area contributed by atoms with Crippen molar-refractivity contribution in [2.45, 2.75) is 18.7 Å². The Hall–Kier alpha value is -3.19. The van der Waals surface area contributed by atoms with Gasteiger partial charge in [0.05, 0.1) is 4.90 Å².